The zero-order valence-corrected chi connectivity index (χ0v) is 20.2. The van der Waals surface area contributed by atoms with Crippen molar-refractivity contribution in [3.8, 4) is 34.2 Å². The molecule has 2 aromatic carbocycles. The summed E-state index contributed by atoms with van der Waals surface area (Å²) in [6, 6.07) is 7.17. The topological polar surface area (TPSA) is 120 Å². The van der Waals surface area contributed by atoms with Crippen molar-refractivity contribution in [3.05, 3.63) is 41.5 Å². The zero-order valence-electron chi connectivity index (χ0n) is 19.4. The Bertz CT molecular complexity index is 1200. The van der Waals surface area contributed by atoms with Gasteiger partial charge in [0.15, 0.2) is 0 Å². The van der Waals surface area contributed by atoms with Gasteiger partial charge in [0.2, 0.25) is 9.84 Å². The van der Waals surface area contributed by atoms with Crippen LogP contribution in [0.3, 0.4) is 0 Å². The lowest BCUT2D eigenvalue weighted by atomic mass is 10.1. The second-order valence-electron chi connectivity index (χ2n) is 7.73. The summed E-state index contributed by atoms with van der Waals surface area (Å²) in [5.74, 6) is 2.87. The molecule has 9 nitrogen and oxygen atoms in total. The number of carboxylic acids is 1. The third kappa shape index (κ3) is 6.05. The molecule has 0 heterocycles. The summed E-state index contributed by atoms with van der Waals surface area (Å²) >= 11 is 0. The first-order chi connectivity index (χ1) is 16.2. The zero-order chi connectivity index (χ0) is 24.9. The number of methoxy groups -OCH3 is 4. The monoisotopic (exact) mass is 489 g/mol. The lowest BCUT2D eigenvalue weighted by Gasteiger charge is -2.18. The van der Waals surface area contributed by atoms with E-state index in [2.05, 4.69) is 16.5 Å². The van der Waals surface area contributed by atoms with Crippen molar-refractivity contribution in [2.75, 3.05) is 33.8 Å². The Morgan fingerprint density at radius 1 is 1.03 bits per heavy atom. The average Bonchev–Trinajstić information content (AvgIpc) is 3.65. The molecule has 1 unspecified atom stereocenters. The van der Waals surface area contributed by atoms with Gasteiger partial charge >= 0.3 is 5.97 Å². The van der Waals surface area contributed by atoms with E-state index in [0.717, 1.165) is 12.8 Å². The molecule has 1 atom stereocenters. The normalized spacial score (nSPS) is 13.8. The van der Waals surface area contributed by atoms with Crippen LogP contribution in [0.1, 0.15) is 24.0 Å². The molecule has 1 saturated carbocycles. The molecule has 0 aliphatic heterocycles. The first kappa shape index (κ1) is 25.1. The van der Waals surface area contributed by atoms with Crippen LogP contribution in [0.4, 0.5) is 5.69 Å². The van der Waals surface area contributed by atoms with Gasteiger partial charge in [-0.1, -0.05) is 6.07 Å². The van der Waals surface area contributed by atoms with Crippen molar-refractivity contribution in [2.45, 2.75) is 24.6 Å². The molecular weight excluding hydrogens is 462 g/mol. The summed E-state index contributed by atoms with van der Waals surface area (Å²) in [6.45, 7) is 0. The number of hydrogen-bond donors (Lipinski definition) is 2. The molecule has 0 amide bonds. The van der Waals surface area contributed by atoms with E-state index in [-0.39, 0.29) is 17.2 Å². The maximum atomic E-state index is 12.8. The molecular formula is C24H27NO8S. The molecule has 0 radical (unpaired) electrons. The van der Waals surface area contributed by atoms with Crippen molar-refractivity contribution in [3.63, 3.8) is 0 Å². The van der Waals surface area contributed by atoms with Crippen molar-refractivity contribution in [1.82, 2.24) is 0 Å². The minimum Gasteiger partial charge on any atom is -0.496 e. The number of benzene rings is 2. The van der Waals surface area contributed by atoms with Gasteiger partial charge in [0.25, 0.3) is 0 Å². The molecule has 0 saturated heterocycles. The van der Waals surface area contributed by atoms with Gasteiger partial charge in [-0.15, -0.1) is 0 Å². The van der Waals surface area contributed by atoms with Gasteiger partial charge in [-0.2, -0.15) is 0 Å². The van der Waals surface area contributed by atoms with E-state index in [1.165, 1.54) is 28.4 Å². The van der Waals surface area contributed by atoms with Crippen LogP contribution in [0, 0.1) is 17.1 Å². The van der Waals surface area contributed by atoms with Gasteiger partial charge in [-0.3, -0.25) is 0 Å². The van der Waals surface area contributed by atoms with Gasteiger partial charge in [-0.05, 0) is 42.4 Å². The third-order valence-corrected chi connectivity index (χ3v) is 6.46. The Labute approximate surface area is 198 Å². The average molecular weight is 490 g/mol. The standard InChI is InChI=1S/C24H27NO8S/c1-30-17-12-21(32-3)18(22(13-17)33-4)9-10-34(28,29)14-15-5-8-20(31-2)19(11-15)25-23(24(26)27)16-6-7-16/h5,8,11-13,16,23,25H,6-7,14H2,1-4H3,(H,26,27). The van der Waals surface area contributed by atoms with Crippen molar-refractivity contribution >= 4 is 21.5 Å². The summed E-state index contributed by atoms with van der Waals surface area (Å²) in [5.41, 5.74) is 1.13. The van der Waals surface area contributed by atoms with Crippen molar-refractivity contribution < 1.29 is 37.3 Å². The van der Waals surface area contributed by atoms with Gasteiger partial charge in [0, 0.05) is 17.4 Å². The van der Waals surface area contributed by atoms with E-state index in [1.54, 1.807) is 30.3 Å². The van der Waals surface area contributed by atoms with Crippen LogP contribution in [-0.4, -0.2) is 54.0 Å². The molecule has 2 aromatic rings. The quantitative estimate of drug-likeness (QED) is 0.485. The molecule has 0 spiro atoms. The number of carbonyl (C=O) groups is 1. The summed E-state index contributed by atoms with van der Waals surface area (Å²) in [6.07, 6.45) is 1.66. The summed E-state index contributed by atoms with van der Waals surface area (Å²) in [7, 11) is 1.96. The second kappa shape index (κ2) is 10.6. The van der Waals surface area contributed by atoms with E-state index in [0.29, 0.717) is 34.2 Å². The van der Waals surface area contributed by atoms with E-state index in [1.807, 2.05) is 0 Å². The molecule has 0 aromatic heterocycles. The fourth-order valence-electron chi connectivity index (χ4n) is 3.45. The fourth-order valence-corrected chi connectivity index (χ4v) is 4.40. The minimum atomic E-state index is -3.87. The molecule has 1 fully saturated rings. The number of ether oxygens (including phenoxy) is 4. The van der Waals surface area contributed by atoms with Crippen LogP contribution >= 0.6 is 0 Å². The summed E-state index contributed by atoms with van der Waals surface area (Å²) in [5, 5.41) is 14.8. The maximum Gasteiger partial charge on any atom is 0.326 e. The van der Waals surface area contributed by atoms with Crippen LogP contribution in [0.2, 0.25) is 0 Å². The highest BCUT2D eigenvalue weighted by Crippen LogP contribution is 2.37. The third-order valence-electron chi connectivity index (χ3n) is 5.34. The minimum absolute atomic E-state index is 0.0370. The molecule has 2 N–H and O–H groups in total. The van der Waals surface area contributed by atoms with Gasteiger partial charge in [0.05, 0.1) is 39.9 Å². The van der Waals surface area contributed by atoms with Crippen LogP contribution in [0.25, 0.3) is 0 Å². The lowest BCUT2D eigenvalue weighted by Crippen LogP contribution is -2.31. The number of nitrogens with one attached hydrogen (secondary N) is 1. The van der Waals surface area contributed by atoms with E-state index >= 15 is 0 Å². The van der Waals surface area contributed by atoms with Crippen LogP contribution in [-0.2, 0) is 20.4 Å². The molecule has 182 valence electrons. The van der Waals surface area contributed by atoms with Gasteiger partial charge in [-0.25, -0.2) is 13.2 Å². The Hall–Kier alpha value is -3.58. The molecule has 1 aliphatic carbocycles. The van der Waals surface area contributed by atoms with Gasteiger partial charge < -0.3 is 29.4 Å². The number of carboxylic acid groups (broad SMARTS) is 1. The second-order valence-corrected chi connectivity index (χ2v) is 9.45. The Balaban J connectivity index is 1.88. The van der Waals surface area contributed by atoms with Gasteiger partial charge in [0.1, 0.15) is 34.6 Å². The van der Waals surface area contributed by atoms with Crippen molar-refractivity contribution in [2.24, 2.45) is 5.92 Å². The number of aliphatic carboxylic acids is 1. The van der Waals surface area contributed by atoms with Crippen molar-refractivity contribution in [1.29, 1.82) is 0 Å². The highest BCUT2D eigenvalue weighted by atomic mass is 32.2. The molecule has 0 bridgehead atoms. The van der Waals surface area contributed by atoms with E-state index in [4.69, 9.17) is 18.9 Å². The predicted molar refractivity (Wildman–Crippen MR) is 126 cm³/mol. The van der Waals surface area contributed by atoms with E-state index < -0.39 is 21.8 Å². The number of anilines is 1. The van der Waals surface area contributed by atoms with E-state index in [9.17, 15) is 18.3 Å². The maximum absolute atomic E-state index is 12.8. The van der Waals surface area contributed by atoms with Crippen LogP contribution in [0.5, 0.6) is 23.0 Å². The number of rotatable bonds is 10. The first-order valence-electron chi connectivity index (χ1n) is 10.4. The fraction of sp³-hybridized carbons (Fsp3) is 0.375. The molecule has 10 heteroatoms. The summed E-state index contributed by atoms with van der Waals surface area (Å²) in [4.78, 5) is 11.6. The highest BCUT2D eigenvalue weighted by molar-refractivity contribution is 7.95. The predicted octanol–water partition coefficient (Wildman–Crippen LogP) is 2.92. The Morgan fingerprint density at radius 2 is 1.65 bits per heavy atom. The summed E-state index contributed by atoms with van der Waals surface area (Å²) < 4.78 is 46.7. The van der Waals surface area contributed by atoms with Crippen LogP contribution < -0.4 is 24.3 Å². The Morgan fingerprint density at radius 3 is 2.15 bits per heavy atom. The van der Waals surface area contributed by atoms with Crippen LogP contribution in [0.15, 0.2) is 30.3 Å². The molecule has 1 aliphatic rings. The molecule has 34 heavy (non-hydrogen) atoms. The lowest BCUT2D eigenvalue weighted by molar-refractivity contribution is -0.138. The smallest absolute Gasteiger partial charge is 0.326 e. The number of sulfone groups is 1. The Kier molecular flexibility index (Phi) is 7.79. The largest absolute Gasteiger partial charge is 0.496 e. The molecule has 3 rings (SSSR count). The number of hydrogen-bond acceptors (Lipinski definition) is 8. The first-order valence-corrected chi connectivity index (χ1v) is 12.1. The SMILES string of the molecule is COc1cc(OC)c(C#CS(=O)(=O)Cc2ccc(OC)c(NC(C(=O)O)C3CC3)c2)c(OC)c1. The highest BCUT2D eigenvalue weighted by Gasteiger charge is 2.36.